The smallest absolute Gasteiger partial charge is 0.272 e. The van der Waals surface area contributed by atoms with Crippen molar-refractivity contribution in [1.82, 2.24) is 15.4 Å². The summed E-state index contributed by atoms with van der Waals surface area (Å²) in [5.41, 5.74) is 2.26. The number of aryl methyl sites for hydroxylation is 2. The number of ether oxygens (including phenoxy) is 2. The molecule has 0 aliphatic carbocycles. The number of carbonyl (C=O) groups excluding carboxylic acids is 1. The molecule has 0 spiro atoms. The van der Waals surface area contributed by atoms with Crippen LogP contribution in [0.15, 0.2) is 33.7 Å². The lowest BCUT2D eigenvalue weighted by Crippen LogP contribution is -2.44. The zero-order chi connectivity index (χ0) is 17.7. The Morgan fingerprint density at radius 1 is 1.21 bits per heavy atom. The maximum Gasteiger partial charge on any atom is 0.272 e. The number of aromatic nitrogens is 1. The summed E-state index contributed by atoms with van der Waals surface area (Å²) in [4.78, 5) is 13.6. The maximum absolute atomic E-state index is 12.1. The quantitative estimate of drug-likeness (QED) is 0.701. The predicted molar refractivity (Wildman–Crippen MR) is 82.9 cm³/mol. The van der Waals surface area contributed by atoms with Gasteiger partial charge in [0, 0.05) is 0 Å². The molecule has 0 saturated carbocycles. The average Bonchev–Trinajstić information content (AvgIpc) is 2.91. The predicted octanol–water partition coefficient (Wildman–Crippen LogP) is 0.689. The zero-order valence-corrected chi connectivity index (χ0v) is 14.1. The van der Waals surface area contributed by atoms with E-state index < -0.39 is 15.9 Å². The Labute approximate surface area is 138 Å². The third-order valence-electron chi connectivity index (χ3n) is 2.99. The average molecular weight is 355 g/mol. The number of nitrogens with zero attached hydrogens (tertiary/aromatic N) is 1. The van der Waals surface area contributed by atoms with Crippen LogP contribution in [0, 0.1) is 13.8 Å². The SMILES string of the molecule is COc1ccc(OCC(=O)NNS(=O)(=O)c2c(C)noc2C)cc1. The standard InChI is InChI=1S/C14H17N3O6S/c1-9-14(10(2)23-16-9)24(19,20)17-15-13(18)8-22-12-6-4-11(21-3)5-7-12/h4-7,17H,8H2,1-3H3,(H,15,18). The van der Waals surface area contributed by atoms with Gasteiger partial charge in [-0.3, -0.25) is 10.2 Å². The highest BCUT2D eigenvalue weighted by molar-refractivity contribution is 7.89. The van der Waals surface area contributed by atoms with Crippen molar-refractivity contribution in [2.75, 3.05) is 13.7 Å². The highest BCUT2D eigenvalue weighted by Crippen LogP contribution is 2.18. The summed E-state index contributed by atoms with van der Waals surface area (Å²) in [7, 11) is -2.44. The van der Waals surface area contributed by atoms with Crippen LogP contribution in [0.25, 0.3) is 0 Å². The number of hydrogen-bond donors (Lipinski definition) is 2. The molecule has 130 valence electrons. The number of carbonyl (C=O) groups is 1. The van der Waals surface area contributed by atoms with Crippen LogP contribution >= 0.6 is 0 Å². The monoisotopic (exact) mass is 355 g/mol. The summed E-state index contributed by atoms with van der Waals surface area (Å²) < 4.78 is 39.2. The van der Waals surface area contributed by atoms with Crippen molar-refractivity contribution in [2.45, 2.75) is 18.7 Å². The van der Waals surface area contributed by atoms with Crippen LogP contribution in [0.5, 0.6) is 11.5 Å². The van der Waals surface area contributed by atoms with Gasteiger partial charge in [0.25, 0.3) is 15.9 Å². The van der Waals surface area contributed by atoms with Gasteiger partial charge < -0.3 is 14.0 Å². The van der Waals surface area contributed by atoms with Crippen LogP contribution in [0.2, 0.25) is 0 Å². The number of methoxy groups -OCH3 is 1. The molecular formula is C14H17N3O6S. The van der Waals surface area contributed by atoms with Gasteiger partial charge in [0.1, 0.15) is 22.1 Å². The van der Waals surface area contributed by atoms with E-state index in [2.05, 4.69) is 10.6 Å². The third kappa shape index (κ3) is 4.24. The first-order valence-corrected chi connectivity index (χ1v) is 8.32. The summed E-state index contributed by atoms with van der Waals surface area (Å²) in [6.07, 6.45) is 0. The normalized spacial score (nSPS) is 11.1. The van der Waals surface area contributed by atoms with Gasteiger partial charge in [-0.2, -0.15) is 0 Å². The molecule has 0 aliphatic heterocycles. The van der Waals surface area contributed by atoms with Crippen LogP contribution < -0.4 is 19.7 Å². The number of sulfonamides is 1. The Morgan fingerprint density at radius 3 is 2.38 bits per heavy atom. The number of nitrogens with one attached hydrogen (secondary N) is 2. The lowest BCUT2D eigenvalue weighted by molar-refractivity contribution is -0.123. The molecule has 1 heterocycles. The summed E-state index contributed by atoms with van der Waals surface area (Å²) in [6.45, 7) is 2.58. The van der Waals surface area contributed by atoms with Gasteiger partial charge in [0.15, 0.2) is 12.4 Å². The van der Waals surface area contributed by atoms with E-state index in [0.29, 0.717) is 11.5 Å². The minimum Gasteiger partial charge on any atom is -0.497 e. The Bertz CT molecular complexity index is 794. The van der Waals surface area contributed by atoms with Crippen molar-refractivity contribution in [3.63, 3.8) is 0 Å². The second-order valence-electron chi connectivity index (χ2n) is 4.77. The maximum atomic E-state index is 12.1. The molecule has 0 atom stereocenters. The molecule has 9 nitrogen and oxygen atoms in total. The first-order chi connectivity index (χ1) is 11.3. The van der Waals surface area contributed by atoms with Crippen molar-refractivity contribution in [2.24, 2.45) is 0 Å². The Balaban J connectivity index is 1.88. The van der Waals surface area contributed by atoms with Gasteiger partial charge in [-0.25, -0.2) is 8.42 Å². The van der Waals surface area contributed by atoms with Gasteiger partial charge >= 0.3 is 0 Å². The Kier molecular flexibility index (Phi) is 5.42. The van der Waals surface area contributed by atoms with E-state index in [4.69, 9.17) is 14.0 Å². The second kappa shape index (κ2) is 7.32. The van der Waals surface area contributed by atoms with E-state index in [9.17, 15) is 13.2 Å². The number of benzene rings is 1. The second-order valence-corrected chi connectivity index (χ2v) is 6.39. The molecule has 0 saturated heterocycles. The van der Waals surface area contributed by atoms with Crippen LogP contribution in [0.1, 0.15) is 11.5 Å². The molecule has 0 aliphatic rings. The molecular weight excluding hydrogens is 338 g/mol. The topological polar surface area (TPSA) is 120 Å². The minimum absolute atomic E-state index is 0.112. The van der Waals surface area contributed by atoms with E-state index in [0.717, 1.165) is 0 Å². The van der Waals surface area contributed by atoms with Gasteiger partial charge in [-0.15, -0.1) is 4.83 Å². The Morgan fingerprint density at radius 2 is 1.83 bits per heavy atom. The molecule has 1 amide bonds. The van der Waals surface area contributed by atoms with Crippen LogP contribution in [-0.2, 0) is 14.8 Å². The first-order valence-electron chi connectivity index (χ1n) is 6.84. The number of rotatable bonds is 7. The van der Waals surface area contributed by atoms with Crippen molar-refractivity contribution in [3.05, 3.63) is 35.7 Å². The molecule has 0 radical (unpaired) electrons. The summed E-state index contributed by atoms with van der Waals surface area (Å²) >= 11 is 0. The highest BCUT2D eigenvalue weighted by Gasteiger charge is 2.24. The number of hydrogen-bond acceptors (Lipinski definition) is 7. The first kappa shape index (κ1) is 17.8. The van der Waals surface area contributed by atoms with Crippen molar-refractivity contribution < 1.29 is 27.2 Å². The minimum atomic E-state index is -3.98. The van der Waals surface area contributed by atoms with Crippen LogP contribution in [0.3, 0.4) is 0 Å². The molecule has 1 aromatic heterocycles. The molecule has 0 bridgehead atoms. The molecule has 2 N–H and O–H groups in total. The fourth-order valence-electron chi connectivity index (χ4n) is 1.89. The van der Waals surface area contributed by atoms with E-state index >= 15 is 0 Å². The molecule has 10 heteroatoms. The van der Waals surface area contributed by atoms with E-state index in [1.54, 1.807) is 24.3 Å². The van der Waals surface area contributed by atoms with Crippen molar-refractivity contribution in [3.8, 4) is 11.5 Å². The lowest BCUT2D eigenvalue weighted by atomic mass is 10.3. The molecule has 0 fully saturated rings. The molecule has 1 aromatic carbocycles. The third-order valence-corrected chi connectivity index (χ3v) is 4.48. The van der Waals surface area contributed by atoms with Crippen LogP contribution in [-0.4, -0.2) is 33.2 Å². The van der Waals surface area contributed by atoms with Crippen molar-refractivity contribution in [1.29, 1.82) is 0 Å². The van der Waals surface area contributed by atoms with Crippen LogP contribution in [0.4, 0.5) is 0 Å². The zero-order valence-electron chi connectivity index (χ0n) is 13.3. The Hall–Kier alpha value is -2.59. The van der Waals surface area contributed by atoms with Crippen molar-refractivity contribution >= 4 is 15.9 Å². The highest BCUT2D eigenvalue weighted by atomic mass is 32.2. The summed E-state index contributed by atoms with van der Waals surface area (Å²) in [6, 6.07) is 6.60. The van der Waals surface area contributed by atoms with E-state index in [-0.39, 0.29) is 23.0 Å². The lowest BCUT2D eigenvalue weighted by Gasteiger charge is -2.09. The largest absolute Gasteiger partial charge is 0.497 e. The number of amides is 1. The summed E-state index contributed by atoms with van der Waals surface area (Å²) in [5.74, 6) is 0.559. The van der Waals surface area contributed by atoms with E-state index in [1.807, 2.05) is 4.83 Å². The number of hydrazine groups is 1. The molecule has 0 unspecified atom stereocenters. The van der Waals surface area contributed by atoms with E-state index in [1.165, 1.54) is 21.0 Å². The van der Waals surface area contributed by atoms with Gasteiger partial charge in [-0.05, 0) is 38.1 Å². The van der Waals surface area contributed by atoms with Gasteiger partial charge in [-0.1, -0.05) is 5.16 Å². The fraction of sp³-hybridized carbons (Fsp3) is 0.286. The van der Waals surface area contributed by atoms with Gasteiger partial charge in [0.2, 0.25) is 0 Å². The fourth-order valence-corrected chi connectivity index (χ4v) is 3.08. The molecule has 2 aromatic rings. The summed E-state index contributed by atoms with van der Waals surface area (Å²) in [5, 5.41) is 3.56. The van der Waals surface area contributed by atoms with Gasteiger partial charge in [0.05, 0.1) is 7.11 Å². The molecule has 24 heavy (non-hydrogen) atoms. The molecule has 2 rings (SSSR count).